The van der Waals surface area contributed by atoms with E-state index < -0.39 is 0 Å². The minimum Gasteiger partial charge on any atom is -0.354 e. The summed E-state index contributed by atoms with van der Waals surface area (Å²) in [7, 11) is 0. The monoisotopic (exact) mass is 329 g/mol. The number of carbonyl (C=O) groups excluding carboxylic acids is 4. The molecule has 1 heterocycles. The van der Waals surface area contributed by atoms with Crippen LogP contribution in [0.1, 0.15) is 40.0 Å². The first-order chi connectivity index (χ1) is 11.6. The van der Waals surface area contributed by atoms with E-state index in [0.29, 0.717) is 24.2 Å². The highest BCUT2D eigenvalue weighted by Crippen LogP contribution is 2.28. The molecular weight excluding hydrogens is 310 g/mol. The smallest absolute Gasteiger partial charge is 0.261 e. The molecule has 1 aliphatic carbocycles. The van der Waals surface area contributed by atoms with Crippen molar-refractivity contribution in [2.45, 2.75) is 19.3 Å². The Bertz CT molecular complexity index is 662. The zero-order valence-corrected chi connectivity index (χ0v) is 13.2. The number of hydrogen-bond donors (Lipinski definition) is 2. The lowest BCUT2D eigenvalue weighted by Crippen LogP contribution is -2.38. The lowest BCUT2D eigenvalue weighted by molar-refractivity contribution is -0.123. The molecule has 1 fully saturated rings. The fourth-order valence-corrected chi connectivity index (χ4v) is 2.62. The molecular formula is C17H19N3O4. The van der Waals surface area contributed by atoms with Crippen molar-refractivity contribution in [1.82, 2.24) is 15.5 Å². The number of nitrogens with zero attached hydrogens (tertiary/aromatic N) is 1. The third-order valence-electron chi connectivity index (χ3n) is 4.14. The Hall–Kier alpha value is -2.70. The van der Waals surface area contributed by atoms with Crippen LogP contribution in [0.2, 0.25) is 0 Å². The fourth-order valence-electron chi connectivity index (χ4n) is 2.62. The zero-order chi connectivity index (χ0) is 17.1. The summed E-state index contributed by atoms with van der Waals surface area (Å²) >= 11 is 0. The summed E-state index contributed by atoms with van der Waals surface area (Å²) in [5.41, 5.74) is 0.761. The van der Waals surface area contributed by atoms with E-state index in [4.69, 9.17) is 0 Å². The molecule has 0 saturated heterocycles. The summed E-state index contributed by atoms with van der Waals surface area (Å²) in [4.78, 5) is 48.6. The average Bonchev–Trinajstić information content (AvgIpc) is 3.40. The quantitative estimate of drug-likeness (QED) is 0.556. The molecule has 0 aromatic heterocycles. The third-order valence-corrected chi connectivity index (χ3v) is 4.14. The normalized spacial score (nSPS) is 16.1. The summed E-state index contributed by atoms with van der Waals surface area (Å²) < 4.78 is 0. The Labute approximate surface area is 139 Å². The van der Waals surface area contributed by atoms with Crippen molar-refractivity contribution in [3.63, 3.8) is 0 Å². The van der Waals surface area contributed by atoms with Crippen LogP contribution < -0.4 is 10.6 Å². The molecule has 0 bridgehead atoms. The van der Waals surface area contributed by atoms with Crippen LogP contribution in [0.3, 0.4) is 0 Å². The second-order valence-corrected chi connectivity index (χ2v) is 5.97. The summed E-state index contributed by atoms with van der Waals surface area (Å²) in [6.07, 6.45) is 1.93. The summed E-state index contributed by atoms with van der Waals surface area (Å²) in [6.45, 7) is 0.764. The van der Waals surface area contributed by atoms with E-state index in [-0.39, 0.29) is 42.5 Å². The van der Waals surface area contributed by atoms with Crippen LogP contribution in [0.5, 0.6) is 0 Å². The van der Waals surface area contributed by atoms with E-state index in [1.807, 2.05) is 0 Å². The predicted molar refractivity (Wildman–Crippen MR) is 85.2 cm³/mol. The van der Waals surface area contributed by atoms with Gasteiger partial charge >= 0.3 is 0 Å². The highest BCUT2D eigenvalue weighted by Gasteiger charge is 2.35. The van der Waals surface area contributed by atoms with E-state index in [1.54, 1.807) is 24.3 Å². The Balaban J connectivity index is 1.39. The van der Waals surface area contributed by atoms with Gasteiger partial charge in [0, 0.05) is 32.0 Å². The molecule has 24 heavy (non-hydrogen) atoms. The van der Waals surface area contributed by atoms with Gasteiger partial charge in [0.1, 0.15) is 0 Å². The van der Waals surface area contributed by atoms with Crippen molar-refractivity contribution in [3.8, 4) is 0 Å². The molecule has 7 nitrogen and oxygen atoms in total. The van der Waals surface area contributed by atoms with Crippen molar-refractivity contribution in [2.75, 3.05) is 19.6 Å². The SMILES string of the molecule is O=C(CCN1C(=O)c2ccccc2C1=O)NCCNC(=O)C1CC1. The number of amides is 4. The van der Waals surface area contributed by atoms with Crippen LogP contribution in [-0.2, 0) is 9.59 Å². The highest BCUT2D eigenvalue weighted by molar-refractivity contribution is 6.21. The second kappa shape index (κ2) is 6.82. The molecule has 126 valence electrons. The minimum absolute atomic E-state index is 0.0373. The lowest BCUT2D eigenvalue weighted by atomic mass is 10.1. The van der Waals surface area contributed by atoms with Crippen LogP contribution in [-0.4, -0.2) is 48.2 Å². The Morgan fingerprint density at radius 1 is 1.00 bits per heavy atom. The standard InChI is InChI=1S/C17H19N3O4/c21-14(18-8-9-19-15(22)11-5-6-11)7-10-20-16(23)12-3-1-2-4-13(12)17(20)24/h1-4,11H,5-10H2,(H,18,21)(H,19,22). The molecule has 0 atom stereocenters. The van der Waals surface area contributed by atoms with Gasteiger partial charge in [0.05, 0.1) is 11.1 Å². The largest absolute Gasteiger partial charge is 0.354 e. The number of nitrogens with one attached hydrogen (secondary N) is 2. The number of fused-ring (bicyclic) bond motifs is 1. The van der Waals surface area contributed by atoms with Gasteiger partial charge in [-0.05, 0) is 25.0 Å². The van der Waals surface area contributed by atoms with E-state index in [0.717, 1.165) is 17.7 Å². The first-order valence-corrected chi connectivity index (χ1v) is 8.07. The van der Waals surface area contributed by atoms with Gasteiger partial charge in [0.15, 0.2) is 0 Å². The van der Waals surface area contributed by atoms with Gasteiger partial charge in [-0.1, -0.05) is 12.1 Å². The van der Waals surface area contributed by atoms with Crippen molar-refractivity contribution in [3.05, 3.63) is 35.4 Å². The van der Waals surface area contributed by atoms with Gasteiger partial charge in [-0.2, -0.15) is 0 Å². The second-order valence-electron chi connectivity index (χ2n) is 5.97. The fraction of sp³-hybridized carbons (Fsp3) is 0.412. The van der Waals surface area contributed by atoms with E-state index in [1.165, 1.54) is 0 Å². The van der Waals surface area contributed by atoms with Gasteiger partial charge in [0.25, 0.3) is 11.8 Å². The molecule has 4 amide bonds. The molecule has 2 N–H and O–H groups in total. The molecule has 1 aliphatic heterocycles. The predicted octanol–water partition coefficient (Wildman–Crippen LogP) is 0.315. The minimum atomic E-state index is -0.361. The average molecular weight is 329 g/mol. The molecule has 7 heteroatoms. The van der Waals surface area contributed by atoms with Crippen LogP contribution in [0.4, 0.5) is 0 Å². The number of rotatable bonds is 7. The molecule has 1 aromatic rings. The van der Waals surface area contributed by atoms with Crippen LogP contribution >= 0.6 is 0 Å². The van der Waals surface area contributed by atoms with Crippen LogP contribution in [0.15, 0.2) is 24.3 Å². The number of benzene rings is 1. The highest BCUT2D eigenvalue weighted by atomic mass is 16.2. The maximum absolute atomic E-state index is 12.2. The van der Waals surface area contributed by atoms with Crippen molar-refractivity contribution in [1.29, 1.82) is 0 Å². The van der Waals surface area contributed by atoms with E-state index in [2.05, 4.69) is 10.6 Å². The van der Waals surface area contributed by atoms with E-state index in [9.17, 15) is 19.2 Å². The third kappa shape index (κ3) is 3.45. The Morgan fingerprint density at radius 3 is 2.17 bits per heavy atom. The van der Waals surface area contributed by atoms with Crippen molar-refractivity contribution < 1.29 is 19.2 Å². The molecule has 0 spiro atoms. The number of hydrogen-bond acceptors (Lipinski definition) is 4. The van der Waals surface area contributed by atoms with E-state index >= 15 is 0 Å². The first kappa shape index (κ1) is 16.2. The molecule has 0 radical (unpaired) electrons. The lowest BCUT2D eigenvalue weighted by Gasteiger charge is -2.13. The summed E-state index contributed by atoms with van der Waals surface area (Å²) in [6, 6.07) is 6.63. The van der Waals surface area contributed by atoms with Crippen LogP contribution in [0.25, 0.3) is 0 Å². The Morgan fingerprint density at radius 2 is 1.58 bits per heavy atom. The van der Waals surface area contributed by atoms with Gasteiger partial charge in [-0.25, -0.2) is 0 Å². The topological polar surface area (TPSA) is 95.6 Å². The summed E-state index contributed by atoms with van der Waals surface area (Å²) in [5, 5.41) is 5.42. The number of carbonyl (C=O) groups is 4. The maximum Gasteiger partial charge on any atom is 0.261 e. The van der Waals surface area contributed by atoms with Crippen molar-refractivity contribution >= 4 is 23.6 Å². The Kier molecular flexibility index (Phi) is 4.59. The molecule has 0 unspecified atom stereocenters. The van der Waals surface area contributed by atoms with Gasteiger partial charge < -0.3 is 10.6 Å². The number of imide groups is 1. The first-order valence-electron chi connectivity index (χ1n) is 8.07. The van der Waals surface area contributed by atoms with Gasteiger partial charge in [-0.3, -0.25) is 24.1 Å². The molecule has 3 rings (SSSR count). The summed E-state index contributed by atoms with van der Waals surface area (Å²) in [5.74, 6) is -0.794. The maximum atomic E-state index is 12.2. The van der Waals surface area contributed by atoms with Crippen molar-refractivity contribution in [2.24, 2.45) is 5.92 Å². The zero-order valence-electron chi connectivity index (χ0n) is 13.2. The molecule has 2 aliphatic rings. The van der Waals surface area contributed by atoms with Gasteiger partial charge in [0.2, 0.25) is 11.8 Å². The van der Waals surface area contributed by atoms with Crippen LogP contribution in [0, 0.1) is 5.92 Å². The molecule has 1 saturated carbocycles. The van der Waals surface area contributed by atoms with Gasteiger partial charge in [-0.15, -0.1) is 0 Å². The molecule has 1 aromatic carbocycles.